The lowest BCUT2D eigenvalue weighted by Gasteiger charge is -2.16. The summed E-state index contributed by atoms with van der Waals surface area (Å²) in [5.41, 5.74) is 2.92. The lowest BCUT2D eigenvalue weighted by Crippen LogP contribution is -2.41. The molecule has 1 aromatic carbocycles. The van der Waals surface area contributed by atoms with Gasteiger partial charge in [0, 0.05) is 22.7 Å². The van der Waals surface area contributed by atoms with Crippen molar-refractivity contribution in [3.63, 3.8) is 0 Å². The Kier molecular flexibility index (Phi) is 6.56. The summed E-state index contributed by atoms with van der Waals surface area (Å²) in [7, 11) is 0. The minimum absolute atomic E-state index is 0.165. The Balaban J connectivity index is 1.67. The average Bonchev–Trinajstić information content (AvgIpc) is 3.16. The van der Waals surface area contributed by atoms with Crippen LogP contribution in [0.4, 0.5) is 10.8 Å². The van der Waals surface area contributed by atoms with Crippen molar-refractivity contribution >= 4 is 34.0 Å². The zero-order chi connectivity index (χ0) is 20.8. The second-order valence-electron chi connectivity index (χ2n) is 6.98. The monoisotopic (exact) mass is 410 g/mol. The van der Waals surface area contributed by atoms with Crippen molar-refractivity contribution in [1.82, 2.24) is 15.3 Å². The number of aromatic nitrogens is 2. The largest absolute Gasteiger partial charge is 0.480 e. The van der Waals surface area contributed by atoms with Gasteiger partial charge in [0.1, 0.15) is 6.04 Å². The number of anilines is 2. The number of carboxylic acid groups (broad SMARTS) is 1. The molecule has 0 saturated heterocycles. The highest BCUT2D eigenvalue weighted by Gasteiger charge is 2.21. The number of nitrogens with one attached hydrogen (secondary N) is 2. The molecule has 3 aromatic rings. The Morgan fingerprint density at radius 1 is 1.17 bits per heavy atom. The van der Waals surface area contributed by atoms with E-state index in [0.29, 0.717) is 12.0 Å². The number of amides is 1. The number of carboxylic acids is 1. The maximum absolute atomic E-state index is 12.4. The molecule has 150 valence electrons. The lowest BCUT2D eigenvalue weighted by atomic mass is 10.0. The number of thiazole rings is 1. The number of pyridine rings is 1. The summed E-state index contributed by atoms with van der Waals surface area (Å²) in [5.74, 6) is -1.26. The van der Waals surface area contributed by atoms with E-state index in [1.54, 1.807) is 36.7 Å². The number of carbonyl (C=O) groups excluding carboxylic acids is 1. The molecule has 0 saturated carbocycles. The summed E-state index contributed by atoms with van der Waals surface area (Å²) in [6.07, 6.45) is 3.81. The number of hydrogen-bond donors (Lipinski definition) is 3. The van der Waals surface area contributed by atoms with Crippen molar-refractivity contribution in [2.45, 2.75) is 26.3 Å². The fraction of sp³-hybridized carbons (Fsp3) is 0.238. The SMILES string of the molecule is CC(C)C[C@H](NC(=O)c1ccc(-c2csc(Nc3cccnc3)n2)cc1)C(=O)O. The van der Waals surface area contributed by atoms with E-state index in [9.17, 15) is 14.7 Å². The Morgan fingerprint density at radius 2 is 1.93 bits per heavy atom. The van der Waals surface area contributed by atoms with Gasteiger partial charge in [-0.05, 0) is 36.6 Å². The zero-order valence-corrected chi connectivity index (χ0v) is 16.9. The van der Waals surface area contributed by atoms with Crippen LogP contribution in [0.25, 0.3) is 11.3 Å². The third-order valence-electron chi connectivity index (χ3n) is 4.17. The van der Waals surface area contributed by atoms with Crippen LogP contribution in [-0.4, -0.2) is 33.0 Å². The average molecular weight is 410 g/mol. The number of rotatable bonds is 8. The van der Waals surface area contributed by atoms with E-state index >= 15 is 0 Å². The van der Waals surface area contributed by atoms with Crippen molar-refractivity contribution in [1.29, 1.82) is 0 Å². The standard InChI is InChI=1S/C21H22N4O3S/c1-13(2)10-17(20(27)28)24-19(26)15-7-5-14(6-8-15)18-12-29-21(25-18)23-16-4-3-9-22-11-16/h3-9,11-13,17H,10H2,1-2H3,(H,23,25)(H,24,26)(H,27,28)/t17-/m0/s1. The quantitative estimate of drug-likeness (QED) is 0.515. The smallest absolute Gasteiger partial charge is 0.326 e. The molecule has 0 spiro atoms. The molecular formula is C21H22N4O3S. The predicted octanol–water partition coefficient (Wildman–Crippen LogP) is 4.18. The molecule has 2 aromatic heterocycles. The van der Waals surface area contributed by atoms with Gasteiger partial charge in [-0.2, -0.15) is 0 Å². The van der Waals surface area contributed by atoms with E-state index in [2.05, 4.69) is 20.6 Å². The topological polar surface area (TPSA) is 104 Å². The third-order valence-corrected chi connectivity index (χ3v) is 4.93. The summed E-state index contributed by atoms with van der Waals surface area (Å²) in [6.45, 7) is 3.84. The van der Waals surface area contributed by atoms with Gasteiger partial charge >= 0.3 is 5.97 Å². The van der Waals surface area contributed by atoms with E-state index < -0.39 is 17.9 Å². The zero-order valence-electron chi connectivity index (χ0n) is 16.1. The Labute approximate surface area is 172 Å². The van der Waals surface area contributed by atoms with Gasteiger partial charge in [-0.25, -0.2) is 9.78 Å². The van der Waals surface area contributed by atoms with E-state index in [-0.39, 0.29) is 5.92 Å². The molecule has 0 fully saturated rings. The first kappa shape index (κ1) is 20.5. The van der Waals surface area contributed by atoms with Gasteiger partial charge in [0.25, 0.3) is 5.91 Å². The van der Waals surface area contributed by atoms with E-state index in [1.807, 2.05) is 31.4 Å². The van der Waals surface area contributed by atoms with Gasteiger partial charge in [-0.3, -0.25) is 9.78 Å². The summed E-state index contributed by atoms with van der Waals surface area (Å²) in [4.78, 5) is 32.3. The maximum Gasteiger partial charge on any atom is 0.326 e. The van der Waals surface area contributed by atoms with Crippen molar-refractivity contribution < 1.29 is 14.7 Å². The van der Waals surface area contributed by atoms with E-state index in [1.165, 1.54) is 11.3 Å². The minimum atomic E-state index is -1.03. The van der Waals surface area contributed by atoms with Gasteiger partial charge in [-0.15, -0.1) is 11.3 Å². The maximum atomic E-state index is 12.4. The number of benzene rings is 1. The molecule has 3 N–H and O–H groups in total. The number of hydrogen-bond acceptors (Lipinski definition) is 6. The predicted molar refractivity (Wildman–Crippen MR) is 113 cm³/mol. The Bertz CT molecular complexity index is 971. The number of carbonyl (C=O) groups is 2. The molecule has 0 aliphatic heterocycles. The van der Waals surface area contributed by atoms with Gasteiger partial charge in [0.15, 0.2) is 5.13 Å². The highest BCUT2D eigenvalue weighted by Crippen LogP contribution is 2.27. The van der Waals surface area contributed by atoms with Crippen LogP contribution in [0.5, 0.6) is 0 Å². The van der Waals surface area contributed by atoms with E-state index in [0.717, 1.165) is 22.1 Å². The van der Waals surface area contributed by atoms with Crippen molar-refractivity contribution in [3.8, 4) is 11.3 Å². The van der Waals surface area contributed by atoms with Gasteiger partial charge < -0.3 is 15.7 Å². The van der Waals surface area contributed by atoms with Gasteiger partial charge in [-0.1, -0.05) is 26.0 Å². The molecule has 1 amide bonds. The fourth-order valence-corrected chi connectivity index (χ4v) is 3.49. The molecule has 3 rings (SSSR count). The van der Waals surface area contributed by atoms with Crippen LogP contribution < -0.4 is 10.6 Å². The number of nitrogens with zero attached hydrogens (tertiary/aromatic N) is 2. The molecule has 0 aliphatic rings. The normalized spacial score (nSPS) is 11.8. The lowest BCUT2D eigenvalue weighted by molar-refractivity contribution is -0.139. The molecule has 7 nitrogen and oxygen atoms in total. The second-order valence-corrected chi connectivity index (χ2v) is 7.83. The molecule has 29 heavy (non-hydrogen) atoms. The first-order valence-electron chi connectivity index (χ1n) is 9.19. The van der Waals surface area contributed by atoms with Gasteiger partial charge in [0.05, 0.1) is 17.6 Å². The van der Waals surface area contributed by atoms with Crippen molar-refractivity contribution in [2.24, 2.45) is 5.92 Å². The molecule has 0 aliphatic carbocycles. The molecule has 0 bridgehead atoms. The molecule has 1 atom stereocenters. The molecule has 2 heterocycles. The Morgan fingerprint density at radius 3 is 2.55 bits per heavy atom. The van der Waals surface area contributed by atoms with Crippen LogP contribution in [0.15, 0.2) is 54.2 Å². The van der Waals surface area contributed by atoms with Crippen molar-refractivity contribution in [3.05, 3.63) is 59.7 Å². The van der Waals surface area contributed by atoms with E-state index in [4.69, 9.17) is 0 Å². The van der Waals surface area contributed by atoms with Crippen LogP contribution in [-0.2, 0) is 4.79 Å². The minimum Gasteiger partial charge on any atom is -0.480 e. The van der Waals surface area contributed by atoms with Crippen LogP contribution in [0, 0.1) is 5.92 Å². The summed E-state index contributed by atoms with van der Waals surface area (Å²) in [6, 6.07) is 9.80. The molecule has 0 radical (unpaired) electrons. The highest BCUT2D eigenvalue weighted by molar-refractivity contribution is 7.14. The third kappa shape index (κ3) is 5.61. The molecule has 8 heteroatoms. The Hall–Kier alpha value is -3.26. The van der Waals surface area contributed by atoms with Gasteiger partial charge in [0.2, 0.25) is 0 Å². The second kappa shape index (κ2) is 9.29. The van der Waals surface area contributed by atoms with Crippen molar-refractivity contribution in [2.75, 3.05) is 5.32 Å². The van der Waals surface area contributed by atoms with Crippen LogP contribution in [0.2, 0.25) is 0 Å². The summed E-state index contributed by atoms with van der Waals surface area (Å²) in [5, 5.41) is 17.7. The van der Waals surface area contributed by atoms with Crippen LogP contribution >= 0.6 is 11.3 Å². The van der Waals surface area contributed by atoms with Crippen LogP contribution in [0.3, 0.4) is 0 Å². The first-order chi connectivity index (χ1) is 13.9. The fourth-order valence-electron chi connectivity index (χ4n) is 2.75. The first-order valence-corrected chi connectivity index (χ1v) is 10.1. The summed E-state index contributed by atoms with van der Waals surface area (Å²) < 4.78 is 0. The highest BCUT2D eigenvalue weighted by atomic mass is 32.1. The summed E-state index contributed by atoms with van der Waals surface area (Å²) >= 11 is 1.47. The molecular weight excluding hydrogens is 388 g/mol. The molecule has 0 unspecified atom stereocenters. The number of aliphatic carboxylic acids is 1. The van der Waals surface area contributed by atoms with Crippen LogP contribution in [0.1, 0.15) is 30.6 Å².